The third kappa shape index (κ3) is 3.52. The van der Waals surface area contributed by atoms with Gasteiger partial charge in [-0.15, -0.1) is 0 Å². The molecule has 130 valence electrons. The fourth-order valence-electron chi connectivity index (χ4n) is 3.04. The van der Waals surface area contributed by atoms with Gasteiger partial charge in [0, 0.05) is 23.4 Å². The first-order valence-electron chi connectivity index (χ1n) is 8.32. The lowest BCUT2D eigenvalue weighted by atomic mass is 9.96. The molecule has 0 unspecified atom stereocenters. The van der Waals surface area contributed by atoms with Crippen LogP contribution in [0.1, 0.15) is 31.4 Å². The Hall–Kier alpha value is -2.78. The van der Waals surface area contributed by atoms with Gasteiger partial charge in [0.2, 0.25) is 0 Å². The van der Waals surface area contributed by atoms with E-state index in [1.54, 1.807) is 18.3 Å². The smallest absolute Gasteiger partial charge is 0.149 e. The molecule has 0 saturated carbocycles. The molecule has 4 N–H and O–H groups in total. The van der Waals surface area contributed by atoms with E-state index in [1.807, 2.05) is 6.07 Å². The number of hydrogen-bond donors (Lipinski definition) is 2. The fourth-order valence-corrected chi connectivity index (χ4v) is 3.04. The van der Waals surface area contributed by atoms with Gasteiger partial charge in [0.25, 0.3) is 0 Å². The number of anilines is 1. The SMILES string of the molecule is CC(C)C[C@H](N)COc1ccc2c(c1C#N)OCc1cnc(N)cc1-2. The van der Waals surface area contributed by atoms with Gasteiger partial charge in [-0.1, -0.05) is 13.8 Å². The summed E-state index contributed by atoms with van der Waals surface area (Å²) in [5.41, 5.74) is 15.0. The lowest BCUT2D eigenvalue weighted by molar-refractivity contribution is 0.264. The Kier molecular flexibility index (Phi) is 4.77. The maximum absolute atomic E-state index is 9.61. The molecule has 0 saturated heterocycles. The van der Waals surface area contributed by atoms with E-state index in [-0.39, 0.29) is 6.04 Å². The molecule has 1 atom stereocenters. The molecule has 0 amide bonds. The average molecular weight is 338 g/mol. The molecule has 1 aliphatic rings. The van der Waals surface area contributed by atoms with Crippen LogP contribution in [0.4, 0.5) is 5.82 Å². The van der Waals surface area contributed by atoms with Gasteiger partial charge >= 0.3 is 0 Å². The number of nitrogens with two attached hydrogens (primary N) is 2. The van der Waals surface area contributed by atoms with Crippen LogP contribution < -0.4 is 20.9 Å². The number of nitrogens with zero attached hydrogens (tertiary/aromatic N) is 2. The van der Waals surface area contributed by atoms with Crippen molar-refractivity contribution in [3.8, 4) is 28.7 Å². The van der Waals surface area contributed by atoms with Gasteiger partial charge in [0.15, 0.2) is 0 Å². The van der Waals surface area contributed by atoms with Crippen LogP contribution in [0.15, 0.2) is 24.4 Å². The van der Waals surface area contributed by atoms with E-state index in [4.69, 9.17) is 20.9 Å². The van der Waals surface area contributed by atoms with Crippen molar-refractivity contribution in [2.75, 3.05) is 12.3 Å². The van der Waals surface area contributed by atoms with Gasteiger partial charge in [-0.25, -0.2) is 4.98 Å². The number of benzene rings is 1. The Bertz CT molecular complexity index is 827. The summed E-state index contributed by atoms with van der Waals surface area (Å²) in [4.78, 5) is 4.09. The van der Waals surface area contributed by atoms with Crippen molar-refractivity contribution in [1.29, 1.82) is 5.26 Å². The molecule has 6 heteroatoms. The molecular formula is C19H22N4O2. The van der Waals surface area contributed by atoms with Crippen LogP contribution in [0.3, 0.4) is 0 Å². The van der Waals surface area contributed by atoms with Gasteiger partial charge < -0.3 is 20.9 Å². The highest BCUT2D eigenvalue weighted by Crippen LogP contribution is 2.43. The summed E-state index contributed by atoms with van der Waals surface area (Å²) in [6, 6.07) is 7.60. The number of nitrogen functional groups attached to an aromatic ring is 1. The molecule has 25 heavy (non-hydrogen) atoms. The minimum absolute atomic E-state index is 0.0740. The van der Waals surface area contributed by atoms with Crippen LogP contribution in [-0.4, -0.2) is 17.6 Å². The van der Waals surface area contributed by atoms with Gasteiger partial charge in [0.1, 0.15) is 42.2 Å². The topological polar surface area (TPSA) is 107 Å². The first kappa shape index (κ1) is 17.1. The maximum atomic E-state index is 9.61. The largest absolute Gasteiger partial charge is 0.490 e. The van der Waals surface area contributed by atoms with E-state index in [1.165, 1.54) is 0 Å². The number of nitriles is 1. The quantitative estimate of drug-likeness (QED) is 0.868. The average Bonchev–Trinajstić information content (AvgIpc) is 2.58. The lowest BCUT2D eigenvalue weighted by Gasteiger charge is -2.23. The molecule has 0 radical (unpaired) electrons. The summed E-state index contributed by atoms with van der Waals surface area (Å²) in [6.45, 7) is 4.94. The lowest BCUT2D eigenvalue weighted by Crippen LogP contribution is -2.29. The summed E-state index contributed by atoms with van der Waals surface area (Å²) in [7, 11) is 0. The standard InChI is InChI=1S/C19H22N4O2/c1-11(2)5-13(21)10-24-17-4-3-14-15-6-18(22)23-8-12(15)9-25-19(14)16(17)7-20/h3-4,6,8,11,13H,5,9-10,21H2,1-2H3,(H2,22,23)/t13-/m0/s1. The number of fused-ring (bicyclic) bond motifs is 3. The Morgan fingerprint density at radius 3 is 2.88 bits per heavy atom. The van der Waals surface area contributed by atoms with Crippen LogP contribution >= 0.6 is 0 Å². The zero-order valence-corrected chi connectivity index (χ0v) is 14.5. The second kappa shape index (κ2) is 6.99. The van der Waals surface area contributed by atoms with E-state index < -0.39 is 0 Å². The molecule has 2 heterocycles. The van der Waals surface area contributed by atoms with Crippen LogP contribution in [0.25, 0.3) is 11.1 Å². The number of rotatable bonds is 5. The molecule has 0 aliphatic carbocycles. The van der Waals surface area contributed by atoms with Crippen molar-refractivity contribution < 1.29 is 9.47 Å². The highest BCUT2D eigenvalue weighted by atomic mass is 16.5. The highest BCUT2D eigenvalue weighted by Gasteiger charge is 2.24. The van der Waals surface area contributed by atoms with E-state index >= 15 is 0 Å². The molecule has 2 aromatic rings. The van der Waals surface area contributed by atoms with Gasteiger partial charge in [-0.2, -0.15) is 5.26 Å². The number of pyridine rings is 1. The monoisotopic (exact) mass is 338 g/mol. The fraction of sp³-hybridized carbons (Fsp3) is 0.368. The molecule has 6 nitrogen and oxygen atoms in total. The molecule has 0 spiro atoms. The Morgan fingerprint density at radius 1 is 1.36 bits per heavy atom. The first-order chi connectivity index (χ1) is 12.0. The molecule has 1 aliphatic heterocycles. The van der Waals surface area contributed by atoms with Crippen molar-refractivity contribution in [1.82, 2.24) is 4.98 Å². The number of ether oxygens (including phenoxy) is 2. The van der Waals surface area contributed by atoms with Crippen LogP contribution in [0, 0.1) is 17.2 Å². The minimum atomic E-state index is -0.0740. The molecule has 0 fully saturated rings. The van der Waals surface area contributed by atoms with E-state index in [9.17, 15) is 5.26 Å². The van der Waals surface area contributed by atoms with Crippen LogP contribution in [0.2, 0.25) is 0 Å². The van der Waals surface area contributed by atoms with E-state index in [2.05, 4.69) is 24.9 Å². The van der Waals surface area contributed by atoms with Crippen LogP contribution in [-0.2, 0) is 6.61 Å². The van der Waals surface area contributed by atoms with Crippen LogP contribution in [0.5, 0.6) is 11.5 Å². The van der Waals surface area contributed by atoms with Crippen molar-refractivity contribution in [2.24, 2.45) is 11.7 Å². The van der Waals surface area contributed by atoms with Crippen molar-refractivity contribution in [3.63, 3.8) is 0 Å². The van der Waals surface area contributed by atoms with Gasteiger partial charge in [0.05, 0.1) is 0 Å². The van der Waals surface area contributed by atoms with Crippen molar-refractivity contribution >= 4 is 5.82 Å². The predicted octanol–water partition coefficient (Wildman–Crippen LogP) is 2.85. The second-order valence-corrected chi connectivity index (χ2v) is 6.68. The Labute approximate surface area is 147 Å². The Morgan fingerprint density at radius 2 is 2.16 bits per heavy atom. The van der Waals surface area contributed by atoms with E-state index in [0.29, 0.717) is 42.0 Å². The summed E-state index contributed by atoms with van der Waals surface area (Å²) in [5.74, 6) is 1.95. The first-order valence-corrected chi connectivity index (χ1v) is 8.32. The molecule has 1 aromatic heterocycles. The zero-order chi connectivity index (χ0) is 18.0. The van der Waals surface area contributed by atoms with Gasteiger partial charge in [-0.05, 0) is 36.1 Å². The Balaban J connectivity index is 1.91. The third-order valence-corrected chi connectivity index (χ3v) is 4.13. The van der Waals surface area contributed by atoms with E-state index in [0.717, 1.165) is 23.1 Å². The molecular weight excluding hydrogens is 316 g/mol. The number of hydrogen-bond acceptors (Lipinski definition) is 6. The number of aromatic nitrogens is 1. The molecule has 3 rings (SSSR count). The van der Waals surface area contributed by atoms with Crippen molar-refractivity contribution in [2.45, 2.75) is 32.9 Å². The summed E-state index contributed by atoms with van der Waals surface area (Å²) >= 11 is 0. The van der Waals surface area contributed by atoms with Gasteiger partial charge in [-0.3, -0.25) is 0 Å². The third-order valence-electron chi connectivity index (χ3n) is 4.13. The molecule has 1 aromatic carbocycles. The normalized spacial score (nSPS) is 13.4. The predicted molar refractivity (Wildman–Crippen MR) is 96.1 cm³/mol. The molecule has 0 bridgehead atoms. The highest BCUT2D eigenvalue weighted by molar-refractivity contribution is 5.80. The van der Waals surface area contributed by atoms with Crippen molar-refractivity contribution in [3.05, 3.63) is 35.5 Å². The second-order valence-electron chi connectivity index (χ2n) is 6.68. The summed E-state index contributed by atoms with van der Waals surface area (Å²) < 4.78 is 11.6. The summed E-state index contributed by atoms with van der Waals surface area (Å²) in [6.07, 6.45) is 2.57. The minimum Gasteiger partial charge on any atom is -0.490 e. The summed E-state index contributed by atoms with van der Waals surface area (Å²) in [5, 5.41) is 9.61. The maximum Gasteiger partial charge on any atom is 0.149 e. The zero-order valence-electron chi connectivity index (χ0n) is 14.5.